The molecule has 0 unspecified atom stereocenters. The summed E-state index contributed by atoms with van der Waals surface area (Å²) in [5.74, 6) is -1.73. The van der Waals surface area contributed by atoms with Crippen molar-refractivity contribution in [1.29, 1.82) is 0 Å². The first-order valence-corrected chi connectivity index (χ1v) is 9.01. The zero-order valence-corrected chi connectivity index (χ0v) is 15.9. The number of hydrogen-bond acceptors (Lipinski definition) is 5. The van der Waals surface area contributed by atoms with Crippen LogP contribution in [0.25, 0.3) is 10.2 Å². The van der Waals surface area contributed by atoms with E-state index >= 15 is 0 Å². The van der Waals surface area contributed by atoms with E-state index in [9.17, 15) is 18.8 Å². The van der Waals surface area contributed by atoms with E-state index in [4.69, 9.17) is 4.74 Å². The fourth-order valence-corrected chi connectivity index (χ4v) is 3.60. The molecule has 2 aromatic carbocycles. The number of esters is 1. The number of nitrogens with one attached hydrogen (secondary N) is 1. The Morgan fingerprint density at radius 2 is 1.89 bits per heavy atom. The highest BCUT2D eigenvalue weighted by molar-refractivity contribution is 7.16. The maximum absolute atomic E-state index is 13.1. The Morgan fingerprint density at radius 3 is 2.54 bits per heavy atom. The first-order valence-electron chi connectivity index (χ1n) is 8.20. The van der Waals surface area contributed by atoms with Gasteiger partial charge in [0, 0.05) is 18.2 Å². The molecule has 0 saturated carbocycles. The number of nitrogens with zero attached hydrogens (tertiary/aromatic N) is 2. The summed E-state index contributed by atoms with van der Waals surface area (Å²) < 4.78 is 20.1. The van der Waals surface area contributed by atoms with Gasteiger partial charge in [0.15, 0.2) is 4.80 Å². The Morgan fingerprint density at radius 1 is 1.18 bits per heavy atom. The minimum Gasteiger partial charge on any atom is -0.468 e. The van der Waals surface area contributed by atoms with Gasteiger partial charge in [0.1, 0.15) is 12.4 Å². The lowest BCUT2D eigenvalue weighted by Crippen LogP contribution is -2.22. The van der Waals surface area contributed by atoms with E-state index in [-0.39, 0.29) is 22.8 Å². The molecule has 3 rings (SSSR count). The van der Waals surface area contributed by atoms with Crippen LogP contribution in [0.3, 0.4) is 0 Å². The molecule has 0 saturated heterocycles. The second-order valence-electron chi connectivity index (χ2n) is 5.83. The third-order valence-electron chi connectivity index (χ3n) is 3.81. The molecule has 9 heteroatoms. The van der Waals surface area contributed by atoms with Crippen molar-refractivity contribution in [3.63, 3.8) is 0 Å². The molecule has 28 heavy (non-hydrogen) atoms. The summed E-state index contributed by atoms with van der Waals surface area (Å²) in [4.78, 5) is 39.9. The van der Waals surface area contributed by atoms with Crippen molar-refractivity contribution >= 4 is 45.0 Å². The molecule has 0 atom stereocenters. The van der Waals surface area contributed by atoms with Crippen LogP contribution >= 0.6 is 11.3 Å². The van der Waals surface area contributed by atoms with E-state index in [1.54, 1.807) is 22.8 Å². The molecule has 1 aromatic heterocycles. The van der Waals surface area contributed by atoms with Gasteiger partial charge in [-0.3, -0.25) is 14.4 Å². The van der Waals surface area contributed by atoms with Crippen molar-refractivity contribution in [1.82, 2.24) is 4.57 Å². The van der Waals surface area contributed by atoms with Gasteiger partial charge in [-0.25, -0.2) is 4.39 Å². The van der Waals surface area contributed by atoms with Crippen LogP contribution in [0.5, 0.6) is 0 Å². The second kappa shape index (κ2) is 8.13. The van der Waals surface area contributed by atoms with Crippen molar-refractivity contribution < 1.29 is 23.5 Å². The number of hydrogen-bond donors (Lipinski definition) is 1. The standard InChI is InChI=1S/C19H16FN3O4S/c1-11(24)21-14-7-8-15-16(9-14)28-19(23(15)10-17(25)27-2)22-18(26)12-3-5-13(20)6-4-12/h3-9H,10H2,1-2H3,(H,21,24). The summed E-state index contributed by atoms with van der Waals surface area (Å²) in [7, 11) is 1.27. The Kier molecular flexibility index (Phi) is 5.65. The Hall–Kier alpha value is -3.33. The van der Waals surface area contributed by atoms with E-state index in [1.165, 1.54) is 49.6 Å². The maximum atomic E-state index is 13.1. The number of fused-ring (bicyclic) bond motifs is 1. The quantitative estimate of drug-likeness (QED) is 0.681. The number of methoxy groups -OCH3 is 1. The van der Waals surface area contributed by atoms with Crippen molar-refractivity contribution in [2.75, 3.05) is 12.4 Å². The first-order chi connectivity index (χ1) is 13.4. The topological polar surface area (TPSA) is 89.8 Å². The molecule has 7 nitrogen and oxygen atoms in total. The molecular weight excluding hydrogens is 385 g/mol. The third kappa shape index (κ3) is 4.32. The van der Waals surface area contributed by atoms with Crippen molar-refractivity contribution in [2.24, 2.45) is 4.99 Å². The number of amides is 2. The molecule has 1 N–H and O–H groups in total. The lowest BCUT2D eigenvalue weighted by molar-refractivity contribution is -0.141. The highest BCUT2D eigenvalue weighted by Gasteiger charge is 2.13. The molecule has 0 radical (unpaired) electrons. The molecule has 0 aliphatic rings. The van der Waals surface area contributed by atoms with Gasteiger partial charge in [0.2, 0.25) is 5.91 Å². The Labute approximate surface area is 163 Å². The van der Waals surface area contributed by atoms with Crippen molar-refractivity contribution in [3.05, 3.63) is 58.6 Å². The van der Waals surface area contributed by atoms with E-state index < -0.39 is 17.7 Å². The van der Waals surface area contributed by atoms with Gasteiger partial charge >= 0.3 is 5.97 Å². The molecule has 3 aromatic rings. The fraction of sp³-hybridized carbons (Fsp3) is 0.158. The number of rotatable bonds is 4. The average molecular weight is 401 g/mol. The molecule has 2 amide bonds. The summed E-state index contributed by atoms with van der Waals surface area (Å²) in [5.41, 5.74) is 1.47. The van der Waals surface area contributed by atoms with Gasteiger partial charge in [0.05, 0.1) is 17.3 Å². The summed E-state index contributed by atoms with van der Waals surface area (Å²) in [6.07, 6.45) is 0. The number of benzene rings is 2. The van der Waals surface area contributed by atoms with Crippen LogP contribution in [0.1, 0.15) is 17.3 Å². The van der Waals surface area contributed by atoms with Gasteiger partial charge in [-0.2, -0.15) is 4.99 Å². The summed E-state index contributed by atoms with van der Waals surface area (Å²) >= 11 is 1.19. The number of aromatic nitrogens is 1. The predicted molar refractivity (Wildman–Crippen MR) is 102 cm³/mol. The Balaban J connectivity index is 2.11. The van der Waals surface area contributed by atoms with Crippen LogP contribution in [-0.4, -0.2) is 29.5 Å². The van der Waals surface area contributed by atoms with Gasteiger partial charge in [-0.05, 0) is 42.5 Å². The molecule has 0 aliphatic heterocycles. The Bertz CT molecular complexity index is 1130. The molecular formula is C19H16FN3O4S. The zero-order chi connectivity index (χ0) is 20.3. The maximum Gasteiger partial charge on any atom is 0.325 e. The van der Waals surface area contributed by atoms with Gasteiger partial charge in [-0.15, -0.1) is 0 Å². The second-order valence-corrected chi connectivity index (χ2v) is 6.84. The molecule has 144 valence electrons. The number of carbonyl (C=O) groups excluding carboxylic acids is 3. The average Bonchev–Trinajstić information content (AvgIpc) is 2.97. The van der Waals surface area contributed by atoms with Crippen LogP contribution < -0.4 is 10.1 Å². The lowest BCUT2D eigenvalue weighted by atomic mass is 10.2. The monoisotopic (exact) mass is 401 g/mol. The van der Waals surface area contributed by atoms with Crippen LogP contribution in [0.2, 0.25) is 0 Å². The summed E-state index contributed by atoms with van der Waals surface area (Å²) in [6.45, 7) is 1.27. The van der Waals surface area contributed by atoms with E-state index in [1.807, 2.05) is 0 Å². The summed E-state index contributed by atoms with van der Waals surface area (Å²) in [5, 5.41) is 2.68. The van der Waals surface area contributed by atoms with Crippen LogP contribution in [0.15, 0.2) is 47.5 Å². The van der Waals surface area contributed by atoms with Crippen LogP contribution in [0, 0.1) is 5.82 Å². The minimum absolute atomic E-state index is 0.133. The highest BCUT2D eigenvalue weighted by Crippen LogP contribution is 2.22. The van der Waals surface area contributed by atoms with Gasteiger partial charge < -0.3 is 14.6 Å². The number of ether oxygens (including phenoxy) is 1. The van der Waals surface area contributed by atoms with Crippen LogP contribution in [0.4, 0.5) is 10.1 Å². The molecule has 1 heterocycles. The van der Waals surface area contributed by atoms with E-state index in [2.05, 4.69) is 10.3 Å². The number of halogens is 1. The normalized spacial score (nSPS) is 11.5. The van der Waals surface area contributed by atoms with E-state index in [0.29, 0.717) is 11.2 Å². The molecule has 0 bridgehead atoms. The number of anilines is 1. The molecule has 0 spiro atoms. The largest absolute Gasteiger partial charge is 0.468 e. The smallest absolute Gasteiger partial charge is 0.325 e. The van der Waals surface area contributed by atoms with Crippen LogP contribution in [-0.2, 0) is 20.9 Å². The SMILES string of the molecule is COC(=O)Cn1c(=NC(=O)c2ccc(F)cc2)sc2cc(NC(C)=O)ccc21. The molecule has 0 fully saturated rings. The predicted octanol–water partition coefficient (Wildman–Crippen LogP) is 2.71. The summed E-state index contributed by atoms with van der Waals surface area (Å²) in [6, 6.07) is 10.2. The first kappa shape index (κ1) is 19.4. The lowest BCUT2D eigenvalue weighted by Gasteiger charge is -2.05. The highest BCUT2D eigenvalue weighted by atomic mass is 32.1. The van der Waals surface area contributed by atoms with Gasteiger partial charge in [-0.1, -0.05) is 11.3 Å². The third-order valence-corrected chi connectivity index (χ3v) is 4.85. The van der Waals surface area contributed by atoms with Crippen molar-refractivity contribution in [3.8, 4) is 0 Å². The zero-order valence-electron chi connectivity index (χ0n) is 15.1. The fourth-order valence-electron chi connectivity index (χ4n) is 2.53. The van der Waals surface area contributed by atoms with Crippen molar-refractivity contribution in [2.45, 2.75) is 13.5 Å². The number of carbonyl (C=O) groups is 3. The van der Waals surface area contributed by atoms with E-state index in [0.717, 1.165) is 4.70 Å². The number of thiazole rings is 1. The molecule has 0 aliphatic carbocycles. The van der Waals surface area contributed by atoms with Gasteiger partial charge in [0.25, 0.3) is 5.91 Å². The minimum atomic E-state index is -0.563.